The molecule has 0 saturated carbocycles. The highest BCUT2D eigenvalue weighted by molar-refractivity contribution is 6.05. The number of benzene rings is 1. The van der Waals surface area contributed by atoms with Crippen molar-refractivity contribution >= 4 is 16.8 Å². The standard InChI is InChI=1S/C22H32N4O2/c1-3-5-11-25-17-12-16(13-18(25)15-28-14-17)23-22(27)21-19-8-6-7-9-20(19)26(24-21)10-4-2/h6-9,16-18H,3-5,10-15H2,1-2H3,(H,23,27)/t16?,17-,18+. The van der Waals surface area contributed by atoms with Gasteiger partial charge in [-0.1, -0.05) is 38.5 Å². The minimum atomic E-state index is -0.0444. The van der Waals surface area contributed by atoms with Crippen molar-refractivity contribution in [1.82, 2.24) is 20.0 Å². The Labute approximate surface area is 167 Å². The van der Waals surface area contributed by atoms with Crippen molar-refractivity contribution in [2.75, 3.05) is 19.8 Å². The van der Waals surface area contributed by atoms with E-state index in [0.29, 0.717) is 17.8 Å². The summed E-state index contributed by atoms with van der Waals surface area (Å²) in [5.41, 5.74) is 1.59. The summed E-state index contributed by atoms with van der Waals surface area (Å²) in [6.45, 7) is 7.89. The van der Waals surface area contributed by atoms with Crippen molar-refractivity contribution in [3.63, 3.8) is 0 Å². The molecule has 2 saturated heterocycles. The third kappa shape index (κ3) is 3.80. The molecule has 2 aliphatic heterocycles. The lowest BCUT2D eigenvalue weighted by molar-refractivity contribution is -0.0802. The Bertz CT molecular complexity index is 804. The first-order valence-electron chi connectivity index (χ1n) is 10.8. The number of rotatable bonds is 7. The molecule has 1 N–H and O–H groups in total. The number of nitrogens with zero attached hydrogens (tertiary/aromatic N) is 3. The van der Waals surface area contributed by atoms with Crippen LogP contribution in [0, 0.1) is 0 Å². The van der Waals surface area contributed by atoms with Crippen molar-refractivity contribution < 1.29 is 9.53 Å². The van der Waals surface area contributed by atoms with E-state index in [1.807, 2.05) is 28.9 Å². The highest BCUT2D eigenvalue weighted by Gasteiger charge is 2.39. The summed E-state index contributed by atoms with van der Waals surface area (Å²) in [7, 11) is 0. The molecule has 2 aromatic rings. The number of para-hydroxylation sites is 1. The number of morpholine rings is 1. The predicted molar refractivity (Wildman–Crippen MR) is 111 cm³/mol. The van der Waals surface area contributed by atoms with E-state index in [2.05, 4.69) is 29.2 Å². The first-order valence-corrected chi connectivity index (χ1v) is 10.8. The number of aryl methyl sites for hydroxylation is 1. The molecule has 3 heterocycles. The Morgan fingerprint density at radius 3 is 2.61 bits per heavy atom. The monoisotopic (exact) mass is 384 g/mol. The predicted octanol–water partition coefficient (Wildman–Crippen LogP) is 3.21. The van der Waals surface area contributed by atoms with E-state index in [-0.39, 0.29) is 11.9 Å². The van der Waals surface area contributed by atoms with Crippen LogP contribution in [0.15, 0.2) is 24.3 Å². The van der Waals surface area contributed by atoms with E-state index in [9.17, 15) is 4.79 Å². The van der Waals surface area contributed by atoms with Gasteiger partial charge >= 0.3 is 0 Å². The second-order valence-corrected chi connectivity index (χ2v) is 8.17. The van der Waals surface area contributed by atoms with Crippen LogP contribution in [0.3, 0.4) is 0 Å². The maximum Gasteiger partial charge on any atom is 0.272 e. The number of aromatic nitrogens is 2. The van der Waals surface area contributed by atoms with Crippen LogP contribution in [0.2, 0.25) is 0 Å². The van der Waals surface area contributed by atoms with E-state index < -0.39 is 0 Å². The van der Waals surface area contributed by atoms with Gasteiger partial charge in [-0.05, 0) is 38.3 Å². The van der Waals surface area contributed by atoms with Crippen LogP contribution in [0.1, 0.15) is 56.4 Å². The van der Waals surface area contributed by atoms with Crippen LogP contribution >= 0.6 is 0 Å². The first-order chi connectivity index (χ1) is 13.7. The van der Waals surface area contributed by atoms with Gasteiger partial charge in [0.05, 0.1) is 18.7 Å². The molecule has 1 aromatic carbocycles. The number of hydrogen-bond donors (Lipinski definition) is 1. The third-order valence-corrected chi connectivity index (χ3v) is 6.09. The second-order valence-electron chi connectivity index (χ2n) is 8.17. The van der Waals surface area contributed by atoms with Crippen LogP contribution in [-0.4, -0.2) is 58.5 Å². The van der Waals surface area contributed by atoms with E-state index in [0.717, 1.165) is 56.5 Å². The number of carbonyl (C=O) groups excluding carboxylic acids is 1. The maximum absolute atomic E-state index is 13.1. The normalized spacial score (nSPS) is 25.1. The lowest BCUT2D eigenvalue weighted by Crippen LogP contribution is -2.60. The molecular weight excluding hydrogens is 352 g/mol. The number of hydrogen-bond acceptors (Lipinski definition) is 4. The summed E-state index contributed by atoms with van der Waals surface area (Å²) in [5, 5.41) is 8.87. The van der Waals surface area contributed by atoms with Crippen molar-refractivity contribution in [3.8, 4) is 0 Å². The fourth-order valence-corrected chi connectivity index (χ4v) is 4.74. The number of nitrogens with one attached hydrogen (secondary N) is 1. The van der Waals surface area contributed by atoms with E-state index >= 15 is 0 Å². The Morgan fingerprint density at radius 1 is 1.14 bits per heavy atom. The molecule has 2 fully saturated rings. The molecule has 0 spiro atoms. The number of unbranched alkanes of at least 4 members (excludes halogenated alkanes) is 1. The third-order valence-electron chi connectivity index (χ3n) is 6.09. The minimum absolute atomic E-state index is 0.0444. The van der Waals surface area contributed by atoms with Crippen LogP contribution in [0.5, 0.6) is 0 Å². The molecule has 1 amide bonds. The van der Waals surface area contributed by atoms with Gasteiger partial charge in [0.2, 0.25) is 0 Å². The summed E-state index contributed by atoms with van der Waals surface area (Å²) >= 11 is 0. The van der Waals surface area contributed by atoms with Gasteiger partial charge in [-0.3, -0.25) is 14.4 Å². The molecule has 1 aromatic heterocycles. The fraction of sp³-hybridized carbons (Fsp3) is 0.636. The zero-order chi connectivity index (χ0) is 19.5. The molecule has 3 atom stereocenters. The molecule has 6 heteroatoms. The van der Waals surface area contributed by atoms with Gasteiger partial charge in [0.25, 0.3) is 5.91 Å². The molecule has 4 rings (SSSR count). The molecule has 0 radical (unpaired) electrons. The number of piperidine rings is 1. The zero-order valence-electron chi connectivity index (χ0n) is 17.1. The Hall–Kier alpha value is -1.92. The van der Waals surface area contributed by atoms with Gasteiger partial charge in [-0.15, -0.1) is 0 Å². The van der Waals surface area contributed by atoms with Crippen LogP contribution < -0.4 is 5.32 Å². The quantitative estimate of drug-likeness (QED) is 0.796. The van der Waals surface area contributed by atoms with Crippen molar-refractivity contribution in [3.05, 3.63) is 30.0 Å². The molecule has 6 nitrogen and oxygen atoms in total. The Balaban J connectivity index is 1.48. The van der Waals surface area contributed by atoms with Crippen molar-refractivity contribution in [1.29, 1.82) is 0 Å². The fourth-order valence-electron chi connectivity index (χ4n) is 4.74. The summed E-state index contributed by atoms with van der Waals surface area (Å²) < 4.78 is 7.76. The van der Waals surface area contributed by atoms with Crippen LogP contribution in [0.4, 0.5) is 0 Å². The summed E-state index contributed by atoms with van der Waals surface area (Å²) in [6.07, 6.45) is 5.35. The molecule has 1 unspecified atom stereocenters. The largest absolute Gasteiger partial charge is 0.378 e. The number of fused-ring (bicyclic) bond motifs is 3. The summed E-state index contributed by atoms with van der Waals surface area (Å²) in [6, 6.07) is 9.05. The lowest BCUT2D eigenvalue weighted by Gasteiger charge is -2.48. The Morgan fingerprint density at radius 2 is 1.89 bits per heavy atom. The maximum atomic E-state index is 13.1. The number of carbonyl (C=O) groups is 1. The van der Waals surface area contributed by atoms with Gasteiger partial charge in [0.15, 0.2) is 5.69 Å². The average molecular weight is 385 g/mol. The SMILES string of the molecule is CCCCN1[C@@H]2COC[C@H]1CC(NC(=O)c1nn(CCC)c3ccccc13)C2. The smallest absolute Gasteiger partial charge is 0.272 e. The van der Waals surface area contributed by atoms with E-state index in [1.165, 1.54) is 12.8 Å². The van der Waals surface area contributed by atoms with Crippen LogP contribution in [-0.2, 0) is 11.3 Å². The van der Waals surface area contributed by atoms with Gasteiger partial charge in [0.1, 0.15) is 0 Å². The second kappa shape index (κ2) is 8.62. The number of ether oxygens (including phenoxy) is 1. The van der Waals surface area contributed by atoms with E-state index in [4.69, 9.17) is 4.74 Å². The Kier molecular flexibility index (Phi) is 5.97. The minimum Gasteiger partial charge on any atom is -0.378 e. The molecule has 2 bridgehead atoms. The van der Waals surface area contributed by atoms with Crippen molar-refractivity contribution in [2.24, 2.45) is 0 Å². The first kappa shape index (κ1) is 19.4. The molecule has 28 heavy (non-hydrogen) atoms. The highest BCUT2D eigenvalue weighted by Crippen LogP contribution is 2.28. The van der Waals surface area contributed by atoms with Gasteiger partial charge in [0, 0.05) is 30.1 Å². The van der Waals surface area contributed by atoms with Gasteiger partial charge in [-0.2, -0.15) is 5.10 Å². The molecular formula is C22H32N4O2. The number of amides is 1. The van der Waals surface area contributed by atoms with Gasteiger partial charge in [-0.25, -0.2) is 0 Å². The zero-order valence-corrected chi connectivity index (χ0v) is 17.1. The molecule has 2 aliphatic rings. The summed E-state index contributed by atoms with van der Waals surface area (Å²) in [4.78, 5) is 15.7. The molecule has 152 valence electrons. The lowest BCUT2D eigenvalue weighted by atomic mass is 9.89. The topological polar surface area (TPSA) is 59.4 Å². The summed E-state index contributed by atoms with van der Waals surface area (Å²) in [5.74, 6) is -0.0444. The highest BCUT2D eigenvalue weighted by atomic mass is 16.5. The molecule has 0 aliphatic carbocycles. The van der Waals surface area contributed by atoms with Crippen LogP contribution in [0.25, 0.3) is 10.9 Å². The average Bonchev–Trinajstić information content (AvgIpc) is 3.05. The van der Waals surface area contributed by atoms with Gasteiger partial charge < -0.3 is 10.1 Å². The van der Waals surface area contributed by atoms with E-state index in [1.54, 1.807) is 0 Å². The van der Waals surface area contributed by atoms with Crippen molar-refractivity contribution in [2.45, 2.75) is 70.6 Å².